The number of anilines is 1. The lowest BCUT2D eigenvalue weighted by atomic mass is 10.3. The summed E-state index contributed by atoms with van der Waals surface area (Å²) in [7, 11) is -3.88. The molecular formula is C22H21N7O3S. The SMILES string of the molecule is Cc1cc(C)nc(NS(=O)(=O)c2ccc(N=Nc3c(C)[nH]n(-c4ccccc4)c3=O)cc2)n1. The van der Waals surface area contributed by atoms with Crippen LogP contribution in [0.15, 0.2) is 80.6 Å². The fraction of sp³-hybridized carbons (Fsp3) is 0.136. The smallest absolute Gasteiger partial charge is 0.293 e. The van der Waals surface area contributed by atoms with Gasteiger partial charge in [-0.1, -0.05) is 18.2 Å². The average molecular weight is 464 g/mol. The maximum absolute atomic E-state index is 12.7. The predicted molar refractivity (Wildman–Crippen MR) is 124 cm³/mol. The van der Waals surface area contributed by atoms with Crippen molar-refractivity contribution in [1.82, 2.24) is 19.7 Å². The Bertz CT molecular complexity index is 1470. The molecule has 0 saturated carbocycles. The Kier molecular flexibility index (Phi) is 5.88. The molecular weight excluding hydrogens is 442 g/mol. The van der Waals surface area contributed by atoms with Gasteiger partial charge in [0.1, 0.15) is 0 Å². The van der Waals surface area contributed by atoms with E-state index in [-0.39, 0.29) is 22.1 Å². The molecule has 2 N–H and O–H groups in total. The molecule has 0 amide bonds. The zero-order valence-corrected chi connectivity index (χ0v) is 19.0. The van der Waals surface area contributed by atoms with E-state index in [0.29, 0.717) is 28.5 Å². The van der Waals surface area contributed by atoms with Crippen LogP contribution in [-0.4, -0.2) is 28.2 Å². The minimum absolute atomic E-state index is 0.00823. The van der Waals surface area contributed by atoms with Crippen LogP contribution in [0.25, 0.3) is 5.69 Å². The number of sulfonamides is 1. The predicted octanol–water partition coefficient (Wildman–Crippen LogP) is 4.10. The van der Waals surface area contributed by atoms with Crippen LogP contribution in [0.4, 0.5) is 17.3 Å². The first kappa shape index (κ1) is 22.1. The van der Waals surface area contributed by atoms with Crippen LogP contribution >= 0.6 is 0 Å². The van der Waals surface area contributed by atoms with E-state index in [1.54, 1.807) is 39.0 Å². The van der Waals surface area contributed by atoms with Crippen molar-refractivity contribution in [3.63, 3.8) is 0 Å². The molecule has 4 aromatic rings. The second kappa shape index (κ2) is 8.79. The summed E-state index contributed by atoms with van der Waals surface area (Å²) in [5.41, 5.74) is 2.78. The number of hydrogen-bond acceptors (Lipinski definition) is 7. The summed E-state index contributed by atoms with van der Waals surface area (Å²) in [6, 6.07) is 16.7. The molecule has 0 saturated heterocycles. The van der Waals surface area contributed by atoms with E-state index < -0.39 is 10.0 Å². The second-order valence-corrected chi connectivity index (χ2v) is 9.02. The van der Waals surface area contributed by atoms with Gasteiger partial charge in [0.2, 0.25) is 5.95 Å². The molecule has 2 heterocycles. The normalized spacial score (nSPS) is 11.7. The van der Waals surface area contributed by atoms with Crippen molar-refractivity contribution in [3.05, 3.63) is 88.1 Å². The van der Waals surface area contributed by atoms with Crippen molar-refractivity contribution >= 4 is 27.3 Å². The standard InChI is InChI=1S/C22H21N7O3S/c1-14-13-15(2)24-22(23-14)28-33(31,32)19-11-9-17(10-12-19)25-26-20-16(3)27-29(21(20)30)18-7-5-4-6-8-18/h4-13,27H,1-3H3,(H,23,24,28). The van der Waals surface area contributed by atoms with Gasteiger partial charge in [0.25, 0.3) is 15.6 Å². The van der Waals surface area contributed by atoms with E-state index in [0.717, 1.165) is 0 Å². The van der Waals surface area contributed by atoms with E-state index >= 15 is 0 Å². The number of rotatable bonds is 6. The third-order valence-electron chi connectivity index (χ3n) is 4.68. The third-order valence-corrected chi connectivity index (χ3v) is 6.02. The number of para-hydroxylation sites is 1. The summed E-state index contributed by atoms with van der Waals surface area (Å²) in [6.45, 7) is 5.24. The van der Waals surface area contributed by atoms with Crippen LogP contribution < -0.4 is 10.3 Å². The molecule has 0 aliphatic rings. The zero-order valence-electron chi connectivity index (χ0n) is 18.1. The first-order valence-corrected chi connectivity index (χ1v) is 11.5. The van der Waals surface area contributed by atoms with Gasteiger partial charge < -0.3 is 0 Å². The van der Waals surface area contributed by atoms with Gasteiger partial charge in [0.15, 0.2) is 5.69 Å². The lowest BCUT2D eigenvalue weighted by Gasteiger charge is -2.08. The lowest BCUT2D eigenvalue weighted by Crippen LogP contribution is -2.15. The van der Waals surface area contributed by atoms with Gasteiger partial charge in [-0.2, -0.15) is 5.11 Å². The molecule has 2 aromatic carbocycles. The first-order chi connectivity index (χ1) is 15.7. The molecule has 0 unspecified atom stereocenters. The Morgan fingerprint density at radius 3 is 2.18 bits per heavy atom. The van der Waals surface area contributed by atoms with E-state index in [9.17, 15) is 13.2 Å². The van der Waals surface area contributed by atoms with Crippen LogP contribution in [0.2, 0.25) is 0 Å². The average Bonchev–Trinajstić information content (AvgIpc) is 3.05. The Balaban J connectivity index is 1.54. The molecule has 10 nitrogen and oxygen atoms in total. The molecule has 0 aliphatic heterocycles. The van der Waals surface area contributed by atoms with E-state index in [1.165, 1.54) is 28.9 Å². The summed E-state index contributed by atoms with van der Waals surface area (Å²) in [5, 5.41) is 11.1. The van der Waals surface area contributed by atoms with Gasteiger partial charge in [-0.3, -0.25) is 9.89 Å². The number of aromatic nitrogens is 4. The van der Waals surface area contributed by atoms with Gasteiger partial charge in [0.05, 0.1) is 22.0 Å². The largest absolute Gasteiger partial charge is 0.299 e. The van der Waals surface area contributed by atoms with Gasteiger partial charge in [-0.15, -0.1) is 5.11 Å². The topological polar surface area (TPSA) is 134 Å². The monoisotopic (exact) mass is 463 g/mol. The number of nitrogens with zero attached hydrogens (tertiary/aromatic N) is 5. The molecule has 0 atom stereocenters. The van der Waals surface area contributed by atoms with Crippen LogP contribution in [0, 0.1) is 20.8 Å². The lowest BCUT2D eigenvalue weighted by molar-refractivity contribution is 0.601. The van der Waals surface area contributed by atoms with E-state index in [2.05, 4.69) is 30.0 Å². The third kappa shape index (κ3) is 4.88. The molecule has 168 valence electrons. The summed E-state index contributed by atoms with van der Waals surface area (Å²) in [6.07, 6.45) is 0. The van der Waals surface area contributed by atoms with Crippen LogP contribution in [0.5, 0.6) is 0 Å². The summed E-state index contributed by atoms with van der Waals surface area (Å²) in [4.78, 5) is 20.9. The number of benzene rings is 2. The molecule has 33 heavy (non-hydrogen) atoms. The first-order valence-electron chi connectivity index (χ1n) is 9.97. The van der Waals surface area contributed by atoms with Crippen molar-refractivity contribution in [2.75, 3.05) is 4.72 Å². The van der Waals surface area contributed by atoms with Crippen molar-refractivity contribution in [2.24, 2.45) is 10.2 Å². The van der Waals surface area contributed by atoms with Crippen LogP contribution in [0.3, 0.4) is 0 Å². The summed E-state index contributed by atoms with van der Waals surface area (Å²) < 4.78 is 29.1. The fourth-order valence-electron chi connectivity index (χ4n) is 3.16. The Morgan fingerprint density at radius 1 is 0.909 bits per heavy atom. The number of aromatic amines is 1. The van der Waals surface area contributed by atoms with Crippen molar-refractivity contribution in [2.45, 2.75) is 25.7 Å². The molecule has 0 fully saturated rings. The van der Waals surface area contributed by atoms with E-state index in [4.69, 9.17) is 0 Å². The molecule has 2 aromatic heterocycles. The van der Waals surface area contributed by atoms with Gasteiger partial charge in [-0.25, -0.2) is 27.8 Å². The molecule has 11 heteroatoms. The Labute approximate surface area is 190 Å². The molecule has 0 spiro atoms. The highest BCUT2D eigenvalue weighted by Crippen LogP contribution is 2.22. The van der Waals surface area contributed by atoms with Crippen LogP contribution in [-0.2, 0) is 10.0 Å². The minimum atomic E-state index is -3.88. The maximum atomic E-state index is 12.7. The highest BCUT2D eigenvalue weighted by Gasteiger charge is 2.16. The summed E-state index contributed by atoms with van der Waals surface area (Å²) >= 11 is 0. The number of azo groups is 1. The highest BCUT2D eigenvalue weighted by atomic mass is 32.2. The van der Waals surface area contributed by atoms with Crippen molar-refractivity contribution in [3.8, 4) is 5.69 Å². The number of hydrogen-bond donors (Lipinski definition) is 2. The van der Waals surface area contributed by atoms with Crippen LogP contribution in [0.1, 0.15) is 17.1 Å². The zero-order chi connectivity index (χ0) is 23.6. The number of aryl methyl sites for hydroxylation is 3. The quantitative estimate of drug-likeness (QED) is 0.415. The molecule has 0 radical (unpaired) electrons. The van der Waals surface area contributed by atoms with Gasteiger partial charge in [-0.05, 0) is 63.2 Å². The fourth-order valence-corrected chi connectivity index (χ4v) is 4.11. The molecule has 0 bridgehead atoms. The van der Waals surface area contributed by atoms with Crippen molar-refractivity contribution < 1.29 is 8.42 Å². The Hall–Kier alpha value is -4.12. The highest BCUT2D eigenvalue weighted by molar-refractivity contribution is 7.92. The number of H-pyrrole nitrogens is 1. The minimum Gasteiger partial charge on any atom is -0.293 e. The summed E-state index contributed by atoms with van der Waals surface area (Å²) in [5.74, 6) is 0.00823. The maximum Gasteiger partial charge on any atom is 0.299 e. The van der Waals surface area contributed by atoms with E-state index in [1.807, 2.05) is 18.2 Å². The van der Waals surface area contributed by atoms with Crippen molar-refractivity contribution in [1.29, 1.82) is 0 Å². The molecule has 0 aliphatic carbocycles. The second-order valence-electron chi connectivity index (χ2n) is 7.34. The Morgan fingerprint density at radius 2 is 1.55 bits per heavy atom. The van der Waals surface area contributed by atoms with Gasteiger partial charge >= 0.3 is 0 Å². The molecule has 4 rings (SSSR count). The number of nitrogens with one attached hydrogen (secondary N) is 2. The van der Waals surface area contributed by atoms with Gasteiger partial charge in [0, 0.05) is 11.4 Å².